The predicted molar refractivity (Wildman–Crippen MR) is 117 cm³/mol. The van der Waals surface area contributed by atoms with Crippen LogP contribution in [0.2, 0.25) is 0 Å². The largest absolute Gasteiger partial charge is 0.495 e. The highest BCUT2D eigenvalue weighted by atomic mass is 16.5. The predicted octanol–water partition coefficient (Wildman–Crippen LogP) is 3.00. The Morgan fingerprint density at radius 2 is 1.77 bits per heavy atom. The number of aryl methyl sites for hydroxylation is 1. The van der Waals surface area contributed by atoms with E-state index in [4.69, 9.17) is 9.47 Å². The topological polar surface area (TPSA) is 105 Å². The molecule has 0 saturated heterocycles. The van der Waals surface area contributed by atoms with Gasteiger partial charge in [0.25, 0.3) is 5.56 Å². The molecule has 0 fully saturated rings. The van der Waals surface area contributed by atoms with Gasteiger partial charge in [0, 0.05) is 19.5 Å². The molecule has 0 atom stereocenters. The third kappa shape index (κ3) is 3.34. The summed E-state index contributed by atoms with van der Waals surface area (Å²) < 4.78 is 10.8. The molecule has 30 heavy (non-hydrogen) atoms. The number of hydrogen-bond donors (Lipinski definition) is 2. The van der Waals surface area contributed by atoms with Crippen molar-refractivity contribution in [2.75, 3.05) is 38.5 Å². The number of nitrogens with one attached hydrogen (secondary N) is 2. The molecule has 2 aromatic carbocycles. The van der Waals surface area contributed by atoms with Gasteiger partial charge in [-0.25, -0.2) is 15.0 Å². The van der Waals surface area contributed by atoms with Gasteiger partial charge in [-0.15, -0.1) is 0 Å². The van der Waals surface area contributed by atoms with E-state index in [1.54, 1.807) is 25.3 Å². The van der Waals surface area contributed by atoms with Crippen molar-refractivity contribution in [3.8, 4) is 11.5 Å². The van der Waals surface area contributed by atoms with E-state index in [9.17, 15) is 4.79 Å². The minimum atomic E-state index is -0.279. The van der Waals surface area contributed by atoms with E-state index in [0.717, 1.165) is 28.0 Å². The Balaban J connectivity index is 1.81. The Labute approximate surface area is 172 Å². The summed E-state index contributed by atoms with van der Waals surface area (Å²) in [7, 11) is 7.05. The second-order valence-electron chi connectivity index (χ2n) is 6.96. The van der Waals surface area contributed by atoms with Gasteiger partial charge in [0.2, 0.25) is 11.9 Å². The van der Waals surface area contributed by atoms with Crippen molar-refractivity contribution < 1.29 is 9.47 Å². The van der Waals surface area contributed by atoms with Crippen molar-refractivity contribution in [2.45, 2.75) is 6.92 Å². The van der Waals surface area contributed by atoms with Gasteiger partial charge in [-0.05, 0) is 31.2 Å². The van der Waals surface area contributed by atoms with Crippen molar-refractivity contribution in [3.05, 3.63) is 46.4 Å². The number of aromatic nitrogens is 4. The third-order valence-corrected chi connectivity index (χ3v) is 4.82. The number of methoxy groups -OCH3 is 2. The molecule has 0 amide bonds. The highest BCUT2D eigenvalue weighted by molar-refractivity contribution is 5.89. The van der Waals surface area contributed by atoms with Crippen molar-refractivity contribution >= 4 is 39.4 Å². The minimum absolute atomic E-state index is 0.233. The lowest BCUT2D eigenvalue weighted by Crippen LogP contribution is -2.13. The number of fused-ring (bicyclic) bond motifs is 2. The van der Waals surface area contributed by atoms with Gasteiger partial charge >= 0.3 is 0 Å². The van der Waals surface area contributed by atoms with Gasteiger partial charge in [-0.2, -0.15) is 0 Å². The molecule has 0 unspecified atom stereocenters. The van der Waals surface area contributed by atoms with Gasteiger partial charge in [0.15, 0.2) is 0 Å². The molecule has 0 aliphatic carbocycles. The van der Waals surface area contributed by atoms with Gasteiger partial charge in [0.05, 0.1) is 36.5 Å². The van der Waals surface area contributed by atoms with E-state index in [2.05, 4.69) is 25.3 Å². The highest BCUT2D eigenvalue weighted by Gasteiger charge is 2.14. The van der Waals surface area contributed by atoms with Crippen LogP contribution in [0.5, 0.6) is 11.5 Å². The zero-order valence-corrected chi connectivity index (χ0v) is 17.4. The van der Waals surface area contributed by atoms with Crippen LogP contribution in [0.4, 0.5) is 17.6 Å². The number of nitrogens with zero attached hydrogens (tertiary/aromatic N) is 4. The Kier molecular flexibility index (Phi) is 4.86. The van der Waals surface area contributed by atoms with Crippen LogP contribution in [0, 0.1) is 6.92 Å². The fourth-order valence-electron chi connectivity index (χ4n) is 3.33. The molecule has 2 aromatic heterocycles. The lowest BCUT2D eigenvalue weighted by molar-refractivity contribution is 0.416. The molecular formula is C21H22N6O3. The van der Waals surface area contributed by atoms with E-state index < -0.39 is 0 Å². The monoisotopic (exact) mass is 406 g/mol. The van der Waals surface area contributed by atoms with Gasteiger partial charge in [-0.1, -0.05) is 6.07 Å². The molecular weight excluding hydrogens is 384 g/mol. The summed E-state index contributed by atoms with van der Waals surface area (Å²) in [4.78, 5) is 30.8. The number of aromatic amines is 1. The molecule has 0 aliphatic rings. The summed E-state index contributed by atoms with van der Waals surface area (Å²) in [6.07, 6.45) is 0. The first-order valence-corrected chi connectivity index (χ1v) is 9.29. The molecule has 4 rings (SSSR count). The maximum absolute atomic E-state index is 12.5. The Hall–Kier alpha value is -3.88. The van der Waals surface area contributed by atoms with Gasteiger partial charge in [0.1, 0.15) is 17.0 Å². The first kappa shape index (κ1) is 19.4. The number of rotatable bonds is 5. The van der Waals surface area contributed by atoms with Gasteiger partial charge < -0.3 is 14.4 Å². The molecule has 0 aliphatic heterocycles. The minimum Gasteiger partial charge on any atom is -0.495 e. The summed E-state index contributed by atoms with van der Waals surface area (Å²) in [6, 6.07) is 9.06. The van der Waals surface area contributed by atoms with Crippen LogP contribution >= 0.6 is 0 Å². The van der Waals surface area contributed by atoms with Crippen LogP contribution in [0.3, 0.4) is 0 Å². The molecule has 9 nitrogen and oxygen atoms in total. The molecule has 0 radical (unpaired) electrons. The Bertz CT molecular complexity index is 1320. The van der Waals surface area contributed by atoms with E-state index in [1.807, 2.05) is 38.1 Å². The summed E-state index contributed by atoms with van der Waals surface area (Å²) >= 11 is 0. The van der Waals surface area contributed by atoms with Gasteiger partial charge in [-0.3, -0.25) is 15.1 Å². The maximum atomic E-state index is 12.5. The fraction of sp³-hybridized carbons (Fsp3) is 0.238. The van der Waals surface area contributed by atoms with E-state index in [-0.39, 0.29) is 11.5 Å². The van der Waals surface area contributed by atoms with Crippen LogP contribution < -0.4 is 25.2 Å². The molecule has 9 heteroatoms. The number of ether oxygens (including phenoxy) is 2. The third-order valence-electron chi connectivity index (χ3n) is 4.82. The molecule has 0 spiro atoms. The molecule has 2 heterocycles. The van der Waals surface area contributed by atoms with Crippen LogP contribution in [0.15, 0.2) is 35.1 Å². The summed E-state index contributed by atoms with van der Waals surface area (Å²) in [5, 5.41) is 4.33. The number of para-hydroxylation sites is 1. The molecule has 2 N–H and O–H groups in total. The van der Waals surface area contributed by atoms with Crippen molar-refractivity contribution in [2.24, 2.45) is 0 Å². The summed E-state index contributed by atoms with van der Waals surface area (Å²) in [5.41, 5.74) is 2.60. The van der Waals surface area contributed by atoms with E-state index >= 15 is 0 Å². The number of benzene rings is 2. The Morgan fingerprint density at radius 3 is 2.47 bits per heavy atom. The average Bonchev–Trinajstić information content (AvgIpc) is 2.72. The number of anilines is 3. The number of H-pyrrole nitrogens is 1. The maximum Gasteiger partial charge on any atom is 0.260 e. The van der Waals surface area contributed by atoms with Crippen LogP contribution in [0.25, 0.3) is 21.8 Å². The van der Waals surface area contributed by atoms with Crippen molar-refractivity contribution in [1.82, 2.24) is 19.9 Å². The molecule has 154 valence electrons. The summed E-state index contributed by atoms with van der Waals surface area (Å²) in [6.45, 7) is 1.89. The fourth-order valence-corrected chi connectivity index (χ4v) is 3.33. The molecule has 0 saturated carbocycles. The number of hydrogen-bond acceptors (Lipinski definition) is 8. The lowest BCUT2D eigenvalue weighted by Gasteiger charge is -2.18. The second kappa shape index (κ2) is 7.51. The van der Waals surface area contributed by atoms with Crippen LogP contribution in [-0.2, 0) is 0 Å². The molecule has 0 bridgehead atoms. The SMILES string of the molecule is COc1cc2c(C)nc(Nc3nc4c(OC)cccc4c(=O)[nH]3)nc2cc1N(C)C. The van der Waals surface area contributed by atoms with Crippen LogP contribution in [0.1, 0.15) is 5.69 Å². The first-order valence-electron chi connectivity index (χ1n) is 9.29. The van der Waals surface area contributed by atoms with Crippen LogP contribution in [-0.4, -0.2) is 48.3 Å². The smallest absolute Gasteiger partial charge is 0.260 e. The second-order valence-corrected chi connectivity index (χ2v) is 6.96. The molecule has 4 aromatic rings. The van der Waals surface area contributed by atoms with E-state index in [1.165, 1.54) is 7.11 Å². The zero-order chi connectivity index (χ0) is 21.4. The van der Waals surface area contributed by atoms with Crippen molar-refractivity contribution in [1.29, 1.82) is 0 Å². The van der Waals surface area contributed by atoms with E-state index in [0.29, 0.717) is 22.6 Å². The average molecular weight is 406 g/mol. The normalized spacial score (nSPS) is 11.0. The quantitative estimate of drug-likeness (QED) is 0.521. The van der Waals surface area contributed by atoms with Crippen molar-refractivity contribution in [3.63, 3.8) is 0 Å². The lowest BCUT2D eigenvalue weighted by atomic mass is 10.1. The standard InChI is InChI=1S/C21H22N6O3/c1-11-13-9-17(30-5)15(27(2)3)10-14(13)23-20(22-11)26-21-24-18-12(19(28)25-21)7-6-8-16(18)29-4/h6-10H,1-5H3,(H2,22,23,24,25,26,28). The Morgan fingerprint density at radius 1 is 1.00 bits per heavy atom. The summed E-state index contributed by atoms with van der Waals surface area (Å²) in [5.74, 6) is 1.82. The highest BCUT2D eigenvalue weighted by Crippen LogP contribution is 2.33. The zero-order valence-electron chi connectivity index (χ0n) is 17.4. The first-order chi connectivity index (χ1) is 14.4.